The van der Waals surface area contributed by atoms with Crippen LogP contribution in [0.2, 0.25) is 0 Å². The number of aromatic hydroxyl groups is 1. The molecule has 0 amide bonds. The molecule has 0 unspecified atom stereocenters. The van der Waals surface area contributed by atoms with Crippen LogP contribution in [0.25, 0.3) is 11.6 Å². The van der Waals surface area contributed by atoms with E-state index in [2.05, 4.69) is 79.6 Å². The van der Waals surface area contributed by atoms with Crippen molar-refractivity contribution in [2.45, 2.75) is 6.10 Å². The number of aliphatic hydroxyl groups is 1. The van der Waals surface area contributed by atoms with Crippen LogP contribution in [0, 0.1) is 0 Å². The fourth-order valence-corrected chi connectivity index (χ4v) is 7.11. The number of carbonyl (C=O) groups excluding carboxylic acids is 1. The summed E-state index contributed by atoms with van der Waals surface area (Å²) in [4.78, 5) is 13.2. The Bertz CT molecular complexity index is 1430. The highest BCUT2D eigenvalue weighted by atomic mass is 79.9. The maximum Gasteiger partial charge on any atom is 0.343 e. The Hall–Kier alpha value is -1.63. The Kier molecular flexibility index (Phi) is 8.92. The molecule has 0 spiro atoms. The van der Waals surface area contributed by atoms with Gasteiger partial charge < -0.3 is 24.4 Å². The zero-order valence-electron chi connectivity index (χ0n) is 19.1. The van der Waals surface area contributed by atoms with Crippen molar-refractivity contribution >= 4 is 97.3 Å². The largest absolute Gasteiger partial charge is 0.506 e. The van der Waals surface area contributed by atoms with Crippen LogP contribution >= 0.6 is 79.6 Å². The number of benzene rings is 3. The molecule has 0 aliphatic carbocycles. The number of aliphatic hydroxyl groups excluding tert-OH is 1. The van der Waals surface area contributed by atoms with E-state index in [4.69, 9.17) is 14.2 Å². The van der Waals surface area contributed by atoms with Gasteiger partial charge in [0, 0.05) is 5.57 Å². The summed E-state index contributed by atoms with van der Waals surface area (Å²) >= 11 is 17.1. The molecule has 0 fully saturated rings. The lowest BCUT2D eigenvalue weighted by Gasteiger charge is -2.16. The number of phenols is 1. The van der Waals surface area contributed by atoms with E-state index in [1.807, 2.05) is 12.1 Å². The molecule has 1 heterocycles. The van der Waals surface area contributed by atoms with Crippen LogP contribution in [0.5, 0.6) is 17.2 Å². The first kappa shape index (κ1) is 28.4. The Morgan fingerprint density at radius 3 is 2.03 bits per heavy atom. The van der Waals surface area contributed by atoms with Crippen molar-refractivity contribution < 1.29 is 29.2 Å². The number of cyclic esters (lactones) is 1. The second-order valence-corrected chi connectivity index (χ2v) is 12.1. The highest BCUT2D eigenvalue weighted by molar-refractivity contribution is 9.11. The van der Waals surface area contributed by atoms with Crippen molar-refractivity contribution in [3.63, 3.8) is 0 Å². The second-order valence-electron chi connectivity index (χ2n) is 7.79. The number of ether oxygens (including phenoxy) is 3. The molecular weight excluding hydrogens is 808 g/mol. The zero-order chi connectivity index (χ0) is 27.0. The summed E-state index contributed by atoms with van der Waals surface area (Å²) in [6.45, 7) is 0. The Balaban J connectivity index is 1.94. The number of esters is 1. The van der Waals surface area contributed by atoms with Gasteiger partial charge in [0.1, 0.15) is 29.1 Å². The highest BCUT2D eigenvalue weighted by Crippen LogP contribution is 2.46. The molecule has 3 aromatic rings. The van der Waals surface area contributed by atoms with E-state index in [-0.39, 0.29) is 17.1 Å². The molecule has 0 saturated heterocycles. The number of phenolic OH excluding ortho intramolecular Hbond substituents is 1. The van der Waals surface area contributed by atoms with Crippen molar-refractivity contribution in [3.8, 4) is 17.2 Å². The van der Waals surface area contributed by atoms with Crippen molar-refractivity contribution in [2.24, 2.45) is 0 Å². The van der Waals surface area contributed by atoms with Crippen molar-refractivity contribution in [2.75, 3.05) is 14.2 Å². The minimum absolute atomic E-state index is 0.00400. The van der Waals surface area contributed by atoms with Crippen LogP contribution in [0.15, 0.2) is 76.2 Å². The number of hydrogen-bond donors (Lipinski definition) is 2. The van der Waals surface area contributed by atoms with Gasteiger partial charge in [0.2, 0.25) is 0 Å². The first-order chi connectivity index (χ1) is 17.5. The van der Waals surface area contributed by atoms with Gasteiger partial charge in [0.05, 0.1) is 42.2 Å². The average Bonchev–Trinajstić information content (AvgIpc) is 3.16. The van der Waals surface area contributed by atoms with Crippen LogP contribution in [-0.4, -0.2) is 30.4 Å². The molecule has 11 heteroatoms. The number of hydrogen-bond acceptors (Lipinski definition) is 6. The van der Waals surface area contributed by atoms with Crippen LogP contribution in [0.4, 0.5) is 0 Å². The first-order valence-electron chi connectivity index (χ1n) is 10.5. The van der Waals surface area contributed by atoms with E-state index < -0.39 is 12.1 Å². The third kappa shape index (κ3) is 5.72. The number of allylic oxidation sites excluding steroid dienone is 1. The minimum Gasteiger partial charge on any atom is -0.506 e. The van der Waals surface area contributed by atoms with Gasteiger partial charge in [-0.1, -0.05) is 6.07 Å². The first-order valence-corrected chi connectivity index (χ1v) is 14.4. The van der Waals surface area contributed by atoms with Gasteiger partial charge in [-0.05, 0) is 139 Å². The third-order valence-electron chi connectivity index (χ3n) is 5.53. The molecule has 6 nitrogen and oxygen atoms in total. The summed E-state index contributed by atoms with van der Waals surface area (Å²) in [5.74, 6) is 0.761. The average molecular weight is 825 g/mol. The fraction of sp³-hybridized carbons (Fsp3) is 0.115. The van der Waals surface area contributed by atoms with E-state index in [0.717, 1.165) is 10.0 Å². The molecule has 192 valence electrons. The van der Waals surface area contributed by atoms with Crippen LogP contribution < -0.4 is 9.47 Å². The van der Waals surface area contributed by atoms with Crippen molar-refractivity contribution in [3.05, 3.63) is 92.9 Å². The second kappa shape index (κ2) is 11.6. The highest BCUT2D eigenvalue weighted by Gasteiger charge is 2.37. The monoisotopic (exact) mass is 820 g/mol. The molecule has 0 saturated carbocycles. The van der Waals surface area contributed by atoms with Gasteiger partial charge >= 0.3 is 5.97 Å². The topological polar surface area (TPSA) is 85.2 Å². The smallest absolute Gasteiger partial charge is 0.343 e. The van der Waals surface area contributed by atoms with Crippen LogP contribution in [0.3, 0.4) is 0 Å². The lowest BCUT2D eigenvalue weighted by molar-refractivity contribution is -0.134. The van der Waals surface area contributed by atoms with E-state index in [0.29, 0.717) is 46.1 Å². The molecular formula is C26H17Br5O6. The molecule has 3 aromatic carbocycles. The van der Waals surface area contributed by atoms with E-state index in [9.17, 15) is 15.0 Å². The van der Waals surface area contributed by atoms with Crippen molar-refractivity contribution in [1.82, 2.24) is 0 Å². The molecule has 1 aliphatic heterocycles. The fourth-order valence-electron chi connectivity index (χ4n) is 3.82. The molecule has 4 rings (SSSR count). The lowest BCUT2D eigenvalue weighted by atomic mass is 9.92. The predicted molar refractivity (Wildman–Crippen MR) is 159 cm³/mol. The van der Waals surface area contributed by atoms with Gasteiger partial charge in [-0.2, -0.15) is 0 Å². The van der Waals surface area contributed by atoms with Gasteiger partial charge in [-0.15, -0.1) is 0 Å². The molecule has 37 heavy (non-hydrogen) atoms. The standard InChI is InChI=1S/C26H17Br5O6/c1-35-19-4-3-11(5-14(19)27)6-20-21(12-7-15(28)24(33)16(29)8-12)22(26(34)37-20)23(32)13-9-17(30)25(36-2)18(31)10-13/h3-10,23,32-33H,1-2H3/b20-6+/t23-/m0/s1. The molecule has 1 atom stereocenters. The number of carbonyl (C=O) groups is 1. The quantitative estimate of drug-likeness (QED) is 0.244. The van der Waals surface area contributed by atoms with E-state index in [1.165, 1.54) is 7.11 Å². The Labute approximate surface area is 255 Å². The van der Waals surface area contributed by atoms with Gasteiger partial charge in [0.25, 0.3) is 0 Å². The summed E-state index contributed by atoms with van der Waals surface area (Å²) in [7, 11) is 3.10. The summed E-state index contributed by atoms with van der Waals surface area (Å²) in [6.07, 6.45) is 0.368. The summed E-state index contributed by atoms with van der Waals surface area (Å²) < 4.78 is 19.1. The number of halogens is 5. The summed E-state index contributed by atoms with van der Waals surface area (Å²) in [5, 5.41) is 21.7. The molecule has 2 N–H and O–H groups in total. The number of rotatable bonds is 6. The van der Waals surface area contributed by atoms with Gasteiger partial charge in [0.15, 0.2) is 0 Å². The zero-order valence-corrected chi connectivity index (χ0v) is 27.0. The molecule has 0 radical (unpaired) electrons. The number of methoxy groups -OCH3 is 2. The summed E-state index contributed by atoms with van der Waals surface area (Å²) in [6, 6.07) is 12.1. The van der Waals surface area contributed by atoms with Gasteiger partial charge in [-0.25, -0.2) is 4.79 Å². The summed E-state index contributed by atoms with van der Waals surface area (Å²) in [5.41, 5.74) is 2.15. The predicted octanol–water partition coefficient (Wildman–Crippen LogP) is 8.31. The normalized spacial score (nSPS) is 15.2. The van der Waals surface area contributed by atoms with Crippen LogP contribution in [-0.2, 0) is 9.53 Å². The Morgan fingerprint density at radius 1 is 0.865 bits per heavy atom. The lowest BCUT2D eigenvalue weighted by Crippen LogP contribution is -2.10. The molecule has 1 aliphatic rings. The Morgan fingerprint density at radius 2 is 1.49 bits per heavy atom. The van der Waals surface area contributed by atoms with Crippen molar-refractivity contribution in [1.29, 1.82) is 0 Å². The van der Waals surface area contributed by atoms with E-state index in [1.54, 1.807) is 43.5 Å². The van der Waals surface area contributed by atoms with Gasteiger partial charge in [-0.3, -0.25) is 0 Å². The maximum absolute atomic E-state index is 13.2. The molecule has 0 bridgehead atoms. The van der Waals surface area contributed by atoms with E-state index >= 15 is 0 Å². The minimum atomic E-state index is -1.33. The maximum atomic E-state index is 13.2. The SMILES string of the molecule is COc1ccc(/C=C2/OC(=O)C([C@@H](O)c3cc(Br)c(OC)c(Br)c3)=C2c2cc(Br)c(O)c(Br)c2)cc1Br. The van der Waals surface area contributed by atoms with Crippen LogP contribution in [0.1, 0.15) is 22.8 Å². The molecule has 0 aromatic heterocycles. The third-order valence-corrected chi connectivity index (χ3v) is 8.54.